The van der Waals surface area contributed by atoms with Gasteiger partial charge in [-0.3, -0.25) is 0 Å². The van der Waals surface area contributed by atoms with Gasteiger partial charge in [0.2, 0.25) is 0 Å². The van der Waals surface area contributed by atoms with Crippen LogP contribution in [0.2, 0.25) is 0 Å². The number of phenols is 1. The number of hydrogen-bond donors (Lipinski definition) is 1. The normalized spacial score (nSPS) is 12.5. The number of aromatic hydroxyl groups is 1. The highest BCUT2D eigenvalue weighted by Gasteiger charge is 1.98. The molecule has 0 radical (unpaired) electrons. The summed E-state index contributed by atoms with van der Waals surface area (Å²) in [7, 11) is 0. The number of allylic oxidation sites excluding steroid dienone is 2. The molecule has 0 saturated carbocycles. The van der Waals surface area contributed by atoms with Gasteiger partial charge in [-0.2, -0.15) is 0 Å². The van der Waals surface area contributed by atoms with Gasteiger partial charge < -0.3 is 5.11 Å². The van der Waals surface area contributed by atoms with Crippen molar-refractivity contribution in [1.29, 1.82) is 0 Å². The summed E-state index contributed by atoms with van der Waals surface area (Å²) >= 11 is 0. The number of phenolic OH excluding ortho intramolecular Hbond substituents is 1. The van der Waals surface area contributed by atoms with Crippen molar-refractivity contribution in [3.8, 4) is 5.75 Å². The fraction of sp³-hybridized carbons (Fsp3) is 0.333. The molecule has 1 aromatic carbocycles. The molecule has 1 heteroatoms. The molecule has 0 aromatic heterocycles. The van der Waals surface area contributed by atoms with E-state index in [4.69, 9.17) is 5.11 Å². The van der Waals surface area contributed by atoms with E-state index in [-0.39, 0.29) is 0 Å². The lowest BCUT2D eigenvalue weighted by molar-refractivity contribution is 0.475. The van der Waals surface area contributed by atoms with E-state index in [2.05, 4.69) is 20.8 Å². The van der Waals surface area contributed by atoms with Crippen LogP contribution >= 0.6 is 0 Å². The maximum absolute atomic E-state index is 9.12. The van der Waals surface area contributed by atoms with Crippen LogP contribution in [0.1, 0.15) is 32.8 Å². The lowest BCUT2D eigenvalue weighted by atomic mass is 10.0. The Balaban J connectivity index is 3.02. The molecular formula is C12H16O. The Bertz CT molecular complexity index is 306. The fourth-order valence-electron chi connectivity index (χ4n) is 1.22. The quantitative estimate of drug-likeness (QED) is 0.730. The Morgan fingerprint density at radius 2 is 1.69 bits per heavy atom. The molecule has 0 saturated heterocycles. The van der Waals surface area contributed by atoms with Gasteiger partial charge in [-0.1, -0.05) is 24.6 Å². The monoisotopic (exact) mass is 176 g/mol. The summed E-state index contributed by atoms with van der Waals surface area (Å²) in [6, 6.07) is 7.34. The van der Waals surface area contributed by atoms with Crippen molar-refractivity contribution >= 4 is 5.57 Å². The molecule has 1 rings (SSSR count). The summed E-state index contributed by atoms with van der Waals surface area (Å²) in [4.78, 5) is 0. The standard InChI is InChI=1S/C12H16O/c1-4-9(2)10(3)11-5-7-12(13)8-6-11/h5-8,13H,4H2,1-3H3. The first-order chi connectivity index (χ1) is 6.15. The fourth-order valence-corrected chi connectivity index (χ4v) is 1.22. The number of hydrogen-bond acceptors (Lipinski definition) is 1. The third kappa shape index (κ3) is 2.35. The Morgan fingerprint density at radius 1 is 1.15 bits per heavy atom. The van der Waals surface area contributed by atoms with Crippen molar-refractivity contribution in [3.63, 3.8) is 0 Å². The molecule has 0 heterocycles. The topological polar surface area (TPSA) is 20.2 Å². The zero-order chi connectivity index (χ0) is 9.84. The minimum Gasteiger partial charge on any atom is -0.508 e. The Hall–Kier alpha value is -1.24. The van der Waals surface area contributed by atoms with Crippen LogP contribution in [0.5, 0.6) is 5.75 Å². The molecule has 1 aromatic rings. The maximum atomic E-state index is 9.12. The predicted molar refractivity (Wildman–Crippen MR) is 56.7 cm³/mol. The van der Waals surface area contributed by atoms with Gasteiger partial charge in [0.1, 0.15) is 5.75 Å². The van der Waals surface area contributed by atoms with Crippen molar-refractivity contribution in [2.45, 2.75) is 27.2 Å². The molecule has 0 atom stereocenters. The van der Waals surface area contributed by atoms with E-state index >= 15 is 0 Å². The average molecular weight is 176 g/mol. The molecular weight excluding hydrogens is 160 g/mol. The first kappa shape index (κ1) is 9.85. The first-order valence-corrected chi connectivity index (χ1v) is 4.61. The van der Waals surface area contributed by atoms with Gasteiger partial charge in [0.15, 0.2) is 0 Å². The molecule has 0 unspecified atom stereocenters. The zero-order valence-corrected chi connectivity index (χ0v) is 8.46. The van der Waals surface area contributed by atoms with Crippen LogP contribution in [-0.2, 0) is 0 Å². The minimum atomic E-state index is 0.325. The van der Waals surface area contributed by atoms with Crippen molar-refractivity contribution in [1.82, 2.24) is 0 Å². The first-order valence-electron chi connectivity index (χ1n) is 4.61. The van der Waals surface area contributed by atoms with Crippen LogP contribution < -0.4 is 0 Å². The second kappa shape index (κ2) is 4.13. The SMILES string of the molecule is CCC(C)=C(C)c1ccc(O)cc1. The van der Waals surface area contributed by atoms with Crippen LogP contribution in [0.15, 0.2) is 29.8 Å². The van der Waals surface area contributed by atoms with Crippen LogP contribution in [-0.4, -0.2) is 5.11 Å². The van der Waals surface area contributed by atoms with Crippen molar-refractivity contribution < 1.29 is 5.11 Å². The second-order valence-corrected chi connectivity index (χ2v) is 3.31. The molecule has 1 N–H and O–H groups in total. The highest BCUT2D eigenvalue weighted by atomic mass is 16.3. The summed E-state index contributed by atoms with van der Waals surface area (Å²) in [6.07, 6.45) is 1.08. The third-order valence-electron chi connectivity index (χ3n) is 2.47. The molecule has 0 aliphatic rings. The minimum absolute atomic E-state index is 0.325. The lowest BCUT2D eigenvalue weighted by Gasteiger charge is -2.05. The van der Waals surface area contributed by atoms with Gasteiger partial charge in [0.25, 0.3) is 0 Å². The Labute approximate surface area is 79.7 Å². The lowest BCUT2D eigenvalue weighted by Crippen LogP contribution is -1.83. The third-order valence-corrected chi connectivity index (χ3v) is 2.47. The number of rotatable bonds is 2. The second-order valence-electron chi connectivity index (χ2n) is 3.31. The molecule has 0 aliphatic carbocycles. The van der Waals surface area contributed by atoms with E-state index in [9.17, 15) is 0 Å². The van der Waals surface area contributed by atoms with E-state index in [0.29, 0.717) is 5.75 Å². The molecule has 13 heavy (non-hydrogen) atoms. The van der Waals surface area contributed by atoms with Gasteiger partial charge in [-0.25, -0.2) is 0 Å². The molecule has 0 bridgehead atoms. The van der Waals surface area contributed by atoms with Gasteiger partial charge in [-0.05, 0) is 43.5 Å². The van der Waals surface area contributed by atoms with Crippen molar-refractivity contribution in [2.24, 2.45) is 0 Å². The largest absolute Gasteiger partial charge is 0.508 e. The van der Waals surface area contributed by atoms with E-state index in [0.717, 1.165) is 6.42 Å². The van der Waals surface area contributed by atoms with E-state index in [1.165, 1.54) is 16.7 Å². The van der Waals surface area contributed by atoms with Gasteiger partial charge >= 0.3 is 0 Å². The van der Waals surface area contributed by atoms with Gasteiger partial charge in [0.05, 0.1) is 0 Å². The molecule has 0 aliphatic heterocycles. The molecule has 70 valence electrons. The molecule has 0 amide bonds. The number of benzene rings is 1. The van der Waals surface area contributed by atoms with E-state index in [1.807, 2.05) is 12.1 Å². The maximum Gasteiger partial charge on any atom is 0.115 e. The predicted octanol–water partition coefficient (Wildman–Crippen LogP) is 3.60. The van der Waals surface area contributed by atoms with Crippen molar-refractivity contribution in [2.75, 3.05) is 0 Å². The van der Waals surface area contributed by atoms with E-state index < -0.39 is 0 Å². The molecule has 0 spiro atoms. The highest BCUT2D eigenvalue weighted by Crippen LogP contribution is 2.21. The van der Waals surface area contributed by atoms with Crippen LogP contribution in [0, 0.1) is 0 Å². The molecule has 0 fully saturated rings. The Kier molecular flexibility index (Phi) is 3.13. The van der Waals surface area contributed by atoms with Crippen LogP contribution in [0.4, 0.5) is 0 Å². The van der Waals surface area contributed by atoms with Gasteiger partial charge in [-0.15, -0.1) is 0 Å². The molecule has 1 nitrogen and oxygen atoms in total. The summed E-state index contributed by atoms with van der Waals surface area (Å²) < 4.78 is 0. The van der Waals surface area contributed by atoms with E-state index in [1.54, 1.807) is 12.1 Å². The van der Waals surface area contributed by atoms with Crippen LogP contribution in [0.25, 0.3) is 5.57 Å². The summed E-state index contributed by atoms with van der Waals surface area (Å²) in [5.41, 5.74) is 3.89. The zero-order valence-electron chi connectivity index (χ0n) is 8.46. The average Bonchev–Trinajstić information content (AvgIpc) is 2.17. The smallest absolute Gasteiger partial charge is 0.115 e. The summed E-state index contributed by atoms with van der Waals surface area (Å²) in [5, 5.41) is 9.12. The Morgan fingerprint density at radius 3 is 2.15 bits per heavy atom. The van der Waals surface area contributed by atoms with Crippen LogP contribution in [0.3, 0.4) is 0 Å². The van der Waals surface area contributed by atoms with Crippen molar-refractivity contribution in [3.05, 3.63) is 35.4 Å². The summed E-state index contributed by atoms with van der Waals surface area (Å²) in [5.74, 6) is 0.325. The highest BCUT2D eigenvalue weighted by molar-refractivity contribution is 5.66. The summed E-state index contributed by atoms with van der Waals surface area (Å²) in [6.45, 7) is 6.41. The van der Waals surface area contributed by atoms with Gasteiger partial charge in [0, 0.05) is 0 Å².